The van der Waals surface area contributed by atoms with E-state index < -0.39 is 10.9 Å². The predicted molar refractivity (Wildman–Crippen MR) is 58.5 cm³/mol. The van der Waals surface area contributed by atoms with Gasteiger partial charge < -0.3 is 9.47 Å². The normalized spacial score (nSPS) is 15.7. The third-order valence-electron chi connectivity index (χ3n) is 1.78. The second-order valence-electron chi connectivity index (χ2n) is 2.70. The molecular weight excluding hydrogens is 214 g/mol. The molecule has 0 bridgehead atoms. The standard InChI is InChI=1S/C9H11N3O2S/c1-13-7-10-8(14-2)12-9(11-7)15-5-3-4-6-15/h3-6,15H,1-2H3. The topological polar surface area (TPSA) is 57.1 Å². The first-order valence-corrected chi connectivity index (χ1v) is 5.79. The van der Waals surface area contributed by atoms with Crippen LogP contribution >= 0.6 is 10.9 Å². The molecule has 1 aliphatic rings. The highest BCUT2D eigenvalue weighted by Crippen LogP contribution is 2.40. The lowest BCUT2D eigenvalue weighted by Gasteiger charge is -2.09. The maximum Gasteiger partial charge on any atom is 0.323 e. The van der Waals surface area contributed by atoms with Crippen molar-refractivity contribution in [3.05, 3.63) is 23.0 Å². The average Bonchev–Trinajstić information content (AvgIpc) is 2.81. The largest absolute Gasteiger partial charge is 0.467 e. The fourth-order valence-electron chi connectivity index (χ4n) is 1.09. The summed E-state index contributed by atoms with van der Waals surface area (Å²) in [4.78, 5) is 12.3. The number of methoxy groups -OCH3 is 2. The van der Waals surface area contributed by atoms with E-state index >= 15 is 0 Å². The van der Waals surface area contributed by atoms with Gasteiger partial charge in [-0.05, 0) is 10.8 Å². The zero-order valence-electron chi connectivity index (χ0n) is 8.41. The van der Waals surface area contributed by atoms with Crippen LogP contribution in [0.5, 0.6) is 12.0 Å². The Morgan fingerprint density at radius 3 is 1.93 bits per heavy atom. The van der Waals surface area contributed by atoms with Gasteiger partial charge in [0.25, 0.3) is 0 Å². The summed E-state index contributed by atoms with van der Waals surface area (Å²) in [5.41, 5.74) is 0. The molecule has 0 amide bonds. The van der Waals surface area contributed by atoms with Gasteiger partial charge in [0.15, 0.2) is 5.16 Å². The molecule has 0 radical (unpaired) electrons. The Hall–Kier alpha value is -1.56. The van der Waals surface area contributed by atoms with Gasteiger partial charge in [-0.15, -0.1) is 4.98 Å². The lowest BCUT2D eigenvalue weighted by Crippen LogP contribution is -2.01. The Bertz CT molecular complexity index is 386. The molecule has 1 aliphatic heterocycles. The molecule has 80 valence electrons. The third-order valence-corrected chi connectivity index (χ3v) is 3.43. The molecule has 0 atom stereocenters. The molecule has 15 heavy (non-hydrogen) atoms. The molecule has 0 fully saturated rings. The minimum Gasteiger partial charge on any atom is -0.467 e. The van der Waals surface area contributed by atoms with Gasteiger partial charge in [0.2, 0.25) is 0 Å². The Balaban J connectivity index is 2.37. The first kappa shape index (κ1) is 9.97. The second kappa shape index (κ2) is 4.31. The van der Waals surface area contributed by atoms with Crippen molar-refractivity contribution in [3.63, 3.8) is 0 Å². The van der Waals surface area contributed by atoms with Crippen molar-refractivity contribution >= 4 is 10.9 Å². The number of allylic oxidation sites excluding steroid dienone is 2. The van der Waals surface area contributed by atoms with E-state index in [1.807, 2.05) is 12.2 Å². The summed E-state index contributed by atoms with van der Waals surface area (Å²) < 4.78 is 9.95. The van der Waals surface area contributed by atoms with E-state index in [2.05, 4.69) is 25.8 Å². The molecule has 0 N–H and O–H groups in total. The van der Waals surface area contributed by atoms with Crippen molar-refractivity contribution in [3.8, 4) is 12.0 Å². The highest BCUT2D eigenvalue weighted by Gasteiger charge is 2.11. The van der Waals surface area contributed by atoms with Crippen LogP contribution in [0.15, 0.2) is 28.1 Å². The number of rotatable bonds is 3. The van der Waals surface area contributed by atoms with Gasteiger partial charge in [-0.1, -0.05) is 12.2 Å². The van der Waals surface area contributed by atoms with Gasteiger partial charge >= 0.3 is 12.0 Å². The van der Waals surface area contributed by atoms with E-state index in [0.29, 0.717) is 5.16 Å². The average molecular weight is 225 g/mol. The molecule has 6 heteroatoms. The predicted octanol–water partition coefficient (Wildman–Crippen LogP) is 1.29. The molecule has 0 aromatic carbocycles. The Morgan fingerprint density at radius 1 is 0.933 bits per heavy atom. The van der Waals surface area contributed by atoms with Crippen molar-refractivity contribution < 1.29 is 9.47 Å². The molecule has 2 heterocycles. The Labute approximate surface area is 90.2 Å². The summed E-state index contributed by atoms with van der Waals surface area (Å²) in [5, 5.41) is 4.81. The monoisotopic (exact) mass is 225 g/mol. The van der Waals surface area contributed by atoms with Crippen molar-refractivity contribution in [1.82, 2.24) is 15.0 Å². The summed E-state index contributed by atoms with van der Waals surface area (Å²) >= 11 is 0. The third kappa shape index (κ3) is 2.10. The van der Waals surface area contributed by atoms with Gasteiger partial charge in [0, 0.05) is 0 Å². The highest BCUT2D eigenvalue weighted by molar-refractivity contribution is 8.22. The van der Waals surface area contributed by atoms with Crippen LogP contribution in [0.25, 0.3) is 0 Å². The summed E-state index contributed by atoms with van der Waals surface area (Å²) in [5.74, 6) is 0. The zero-order chi connectivity index (χ0) is 10.7. The van der Waals surface area contributed by atoms with Crippen LogP contribution in [0.1, 0.15) is 0 Å². The number of thiol groups is 1. The van der Waals surface area contributed by atoms with E-state index in [0.717, 1.165) is 0 Å². The minimum atomic E-state index is -0.567. The van der Waals surface area contributed by atoms with E-state index in [1.165, 1.54) is 14.2 Å². The number of hydrogen-bond acceptors (Lipinski definition) is 5. The van der Waals surface area contributed by atoms with Crippen molar-refractivity contribution in [2.45, 2.75) is 5.16 Å². The van der Waals surface area contributed by atoms with Crippen molar-refractivity contribution in [2.75, 3.05) is 14.2 Å². The molecule has 0 saturated carbocycles. The fourth-order valence-corrected chi connectivity index (χ4v) is 2.43. The summed E-state index contributed by atoms with van der Waals surface area (Å²) in [6.45, 7) is 0. The Kier molecular flexibility index (Phi) is 2.86. The zero-order valence-corrected chi connectivity index (χ0v) is 9.31. The van der Waals surface area contributed by atoms with Crippen LogP contribution in [0.4, 0.5) is 0 Å². The molecule has 0 aliphatic carbocycles. The van der Waals surface area contributed by atoms with Gasteiger partial charge in [-0.3, -0.25) is 0 Å². The van der Waals surface area contributed by atoms with Crippen LogP contribution in [0.2, 0.25) is 0 Å². The minimum absolute atomic E-state index is 0.285. The Morgan fingerprint density at radius 2 is 1.47 bits per heavy atom. The van der Waals surface area contributed by atoms with Crippen molar-refractivity contribution in [1.29, 1.82) is 0 Å². The molecule has 0 spiro atoms. The molecule has 0 unspecified atom stereocenters. The number of ether oxygens (including phenoxy) is 2. The highest BCUT2D eigenvalue weighted by atomic mass is 32.2. The van der Waals surface area contributed by atoms with E-state index in [9.17, 15) is 0 Å². The van der Waals surface area contributed by atoms with Gasteiger partial charge in [0.1, 0.15) is 0 Å². The maximum atomic E-state index is 4.98. The molecule has 0 saturated heterocycles. The molecule has 2 rings (SSSR count). The first-order chi connectivity index (χ1) is 7.33. The smallest absolute Gasteiger partial charge is 0.323 e. The van der Waals surface area contributed by atoms with Crippen LogP contribution in [-0.2, 0) is 0 Å². The van der Waals surface area contributed by atoms with E-state index in [1.54, 1.807) is 0 Å². The molecule has 1 aromatic rings. The lowest BCUT2D eigenvalue weighted by atomic mass is 10.6. The summed E-state index contributed by atoms with van der Waals surface area (Å²) in [6, 6.07) is 0.570. The maximum absolute atomic E-state index is 4.98. The van der Waals surface area contributed by atoms with Crippen LogP contribution in [0.3, 0.4) is 0 Å². The first-order valence-electron chi connectivity index (χ1n) is 4.31. The molecule has 5 nitrogen and oxygen atoms in total. The summed E-state index contributed by atoms with van der Waals surface area (Å²) in [6.07, 6.45) is 3.96. The van der Waals surface area contributed by atoms with Crippen LogP contribution in [0, 0.1) is 0 Å². The number of nitrogens with zero attached hydrogens (tertiary/aromatic N) is 3. The number of aromatic nitrogens is 3. The molecular formula is C9H11N3O2S. The SMILES string of the molecule is COc1nc(OC)nc([SH]2C=CC=C2)n1. The summed E-state index contributed by atoms with van der Waals surface area (Å²) in [7, 11) is 2.47. The fraction of sp³-hybridized carbons (Fsp3) is 0.222. The quantitative estimate of drug-likeness (QED) is 0.785. The van der Waals surface area contributed by atoms with Crippen LogP contribution in [-0.4, -0.2) is 29.2 Å². The van der Waals surface area contributed by atoms with E-state index in [4.69, 9.17) is 9.47 Å². The van der Waals surface area contributed by atoms with Gasteiger partial charge in [-0.25, -0.2) is 0 Å². The van der Waals surface area contributed by atoms with Gasteiger partial charge in [-0.2, -0.15) is 20.9 Å². The lowest BCUT2D eigenvalue weighted by molar-refractivity contribution is 0.332. The van der Waals surface area contributed by atoms with E-state index in [-0.39, 0.29) is 12.0 Å². The van der Waals surface area contributed by atoms with Gasteiger partial charge in [0.05, 0.1) is 14.2 Å². The second-order valence-corrected chi connectivity index (χ2v) is 4.51. The van der Waals surface area contributed by atoms with Crippen molar-refractivity contribution in [2.24, 2.45) is 0 Å². The van der Waals surface area contributed by atoms with Crippen LogP contribution < -0.4 is 9.47 Å². The number of hydrogen-bond donors (Lipinski definition) is 1. The molecule has 1 aromatic heterocycles.